The van der Waals surface area contributed by atoms with Gasteiger partial charge in [0.1, 0.15) is 23.9 Å². The number of rotatable bonds is 6. The molecule has 0 saturated heterocycles. The molecule has 0 spiro atoms. The van der Waals surface area contributed by atoms with Gasteiger partial charge in [-0.25, -0.2) is 13.4 Å². The van der Waals surface area contributed by atoms with Crippen LogP contribution in [0.15, 0.2) is 58.0 Å². The van der Waals surface area contributed by atoms with Crippen molar-refractivity contribution in [2.45, 2.75) is 11.5 Å². The lowest BCUT2D eigenvalue weighted by Crippen LogP contribution is -2.28. The van der Waals surface area contributed by atoms with Crippen LogP contribution in [0.5, 0.6) is 11.5 Å². The number of ether oxygens (including phenoxy) is 2. The van der Waals surface area contributed by atoms with Crippen LogP contribution in [0.4, 0.5) is 11.5 Å². The average molecular weight is 559 g/mol. The molecule has 11 heteroatoms. The van der Waals surface area contributed by atoms with Gasteiger partial charge in [-0.05, 0) is 51.8 Å². The molecule has 0 unspecified atom stereocenters. The molecule has 3 aromatic rings. The van der Waals surface area contributed by atoms with E-state index in [1.165, 1.54) is 24.4 Å². The van der Waals surface area contributed by atoms with Crippen molar-refractivity contribution in [1.82, 2.24) is 4.98 Å². The smallest absolute Gasteiger partial charge is 0.264 e. The molecule has 7 nitrogen and oxygen atoms in total. The molecule has 32 heavy (non-hydrogen) atoms. The predicted octanol–water partition coefficient (Wildman–Crippen LogP) is 5.36. The summed E-state index contributed by atoms with van der Waals surface area (Å²) < 4.78 is 40.5. The summed E-state index contributed by atoms with van der Waals surface area (Å²) in [5.74, 6) is 1.05. The van der Waals surface area contributed by atoms with Gasteiger partial charge >= 0.3 is 0 Å². The van der Waals surface area contributed by atoms with Gasteiger partial charge < -0.3 is 14.4 Å². The van der Waals surface area contributed by atoms with E-state index >= 15 is 0 Å². The Kier molecular flexibility index (Phi) is 6.71. The van der Waals surface area contributed by atoms with Crippen molar-refractivity contribution >= 4 is 60.7 Å². The zero-order valence-corrected chi connectivity index (χ0v) is 20.7. The lowest BCUT2D eigenvalue weighted by molar-refractivity contribution is 0.298. The molecule has 1 aliphatic heterocycles. The number of sulfonamides is 1. The second-order valence-electron chi connectivity index (χ2n) is 7.02. The second-order valence-corrected chi connectivity index (χ2v) is 10.4. The van der Waals surface area contributed by atoms with Gasteiger partial charge in [-0.2, -0.15) is 0 Å². The summed E-state index contributed by atoms with van der Waals surface area (Å²) in [6.07, 6.45) is 1.47. The van der Waals surface area contributed by atoms with Crippen molar-refractivity contribution < 1.29 is 17.9 Å². The van der Waals surface area contributed by atoms with E-state index < -0.39 is 10.0 Å². The third-order valence-corrected chi connectivity index (χ3v) is 7.52. The summed E-state index contributed by atoms with van der Waals surface area (Å²) in [6, 6.07) is 11.8. The molecule has 168 valence electrons. The van der Waals surface area contributed by atoms with Gasteiger partial charge in [0, 0.05) is 17.7 Å². The Balaban J connectivity index is 1.57. The highest BCUT2D eigenvalue weighted by Gasteiger charge is 2.22. The summed E-state index contributed by atoms with van der Waals surface area (Å²) in [7, 11) is -2.04. The fourth-order valence-corrected chi connectivity index (χ4v) is 5.23. The maximum absolute atomic E-state index is 12.9. The van der Waals surface area contributed by atoms with Gasteiger partial charge in [-0.15, -0.1) is 0 Å². The predicted molar refractivity (Wildman–Crippen MR) is 129 cm³/mol. The van der Waals surface area contributed by atoms with E-state index in [9.17, 15) is 8.42 Å². The molecule has 1 aromatic heterocycles. The van der Waals surface area contributed by atoms with Crippen LogP contribution in [-0.2, 0) is 16.6 Å². The van der Waals surface area contributed by atoms with E-state index in [4.69, 9.17) is 32.7 Å². The van der Waals surface area contributed by atoms with Crippen molar-refractivity contribution in [2.75, 3.05) is 29.8 Å². The molecule has 1 N–H and O–H groups in total. The average Bonchev–Trinajstić information content (AvgIpc) is 2.75. The van der Waals surface area contributed by atoms with Crippen LogP contribution >= 0.6 is 39.1 Å². The van der Waals surface area contributed by atoms with Crippen molar-refractivity contribution in [3.05, 3.63) is 68.7 Å². The second kappa shape index (κ2) is 9.35. The first-order valence-electron chi connectivity index (χ1n) is 9.46. The molecule has 2 aromatic carbocycles. The first-order chi connectivity index (χ1) is 15.2. The number of nitrogens with zero attached hydrogens (tertiary/aromatic N) is 2. The fraction of sp³-hybridized carbons (Fsp3) is 0.190. The Labute approximate surface area is 204 Å². The summed E-state index contributed by atoms with van der Waals surface area (Å²) in [6.45, 7) is 1.62. The fourth-order valence-electron chi connectivity index (χ4n) is 3.13. The lowest BCUT2D eigenvalue weighted by Gasteiger charge is -2.28. The first kappa shape index (κ1) is 23.0. The van der Waals surface area contributed by atoms with Gasteiger partial charge in [0.2, 0.25) is 0 Å². The number of nitrogens with one attached hydrogen (secondary N) is 1. The van der Waals surface area contributed by atoms with Crippen LogP contribution in [0.1, 0.15) is 5.56 Å². The van der Waals surface area contributed by atoms with Gasteiger partial charge in [-0.3, -0.25) is 4.72 Å². The summed E-state index contributed by atoms with van der Waals surface area (Å²) in [5, 5.41) is 0.0651. The number of benzene rings is 2. The number of hydrogen-bond acceptors (Lipinski definition) is 6. The molecule has 0 amide bonds. The van der Waals surface area contributed by atoms with Gasteiger partial charge in [0.15, 0.2) is 11.6 Å². The zero-order valence-electron chi connectivity index (χ0n) is 16.8. The van der Waals surface area contributed by atoms with Crippen LogP contribution in [0, 0.1) is 0 Å². The molecule has 0 fully saturated rings. The van der Waals surface area contributed by atoms with E-state index in [0.29, 0.717) is 11.1 Å². The summed E-state index contributed by atoms with van der Waals surface area (Å²) in [4.78, 5) is 6.13. The monoisotopic (exact) mass is 557 g/mol. The van der Waals surface area contributed by atoms with Crippen molar-refractivity contribution in [3.8, 4) is 11.5 Å². The van der Waals surface area contributed by atoms with E-state index in [2.05, 4.69) is 30.5 Å². The third-order valence-electron chi connectivity index (χ3n) is 4.77. The Morgan fingerprint density at radius 2 is 2.06 bits per heavy atom. The highest BCUT2D eigenvalue weighted by Crippen LogP contribution is 2.34. The maximum atomic E-state index is 12.9. The van der Waals surface area contributed by atoms with E-state index in [1.54, 1.807) is 6.07 Å². The summed E-state index contributed by atoms with van der Waals surface area (Å²) >= 11 is 15.4. The SMILES string of the molecule is CN1CCOc2cc(COc3cc(Br)cnc3NS(=O)(=O)c3cccc(Cl)c3Cl)ccc21. The number of hydrogen-bond donors (Lipinski definition) is 1. The van der Waals surface area contributed by atoms with E-state index in [0.717, 1.165) is 23.5 Å². The molecule has 4 rings (SSSR count). The Morgan fingerprint density at radius 1 is 1.25 bits per heavy atom. The molecule has 1 aliphatic rings. The lowest BCUT2D eigenvalue weighted by atomic mass is 10.1. The largest absolute Gasteiger partial charge is 0.490 e. The molecule has 2 heterocycles. The maximum Gasteiger partial charge on any atom is 0.264 e. The van der Waals surface area contributed by atoms with E-state index in [1.807, 2.05) is 25.2 Å². The molecule has 0 aliphatic carbocycles. The molecule has 0 bridgehead atoms. The molecular weight excluding hydrogens is 541 g/mol. The molecule has 0 saturated carbocycles. The highest BCUT2D eigenvalue weighted by atomic mass is 79.9. The molecular formula is C21H18BrCl2N3O4S. The van der Waals surface area contributed by atoms with Gasteiger partial charge in [-0.1, -0.05) is 35.3 Å². The number of pyridine rings is 1. The minimum Gasteiger partial charge on any atom is -0.490 e. The van der Waals surface area contributed by atoms with Crippen LogP contribution in [0.25, 0.3) is 0 Å². The van der Waals surface area contributed by atoms with Crippen LogP contribution < -0.4 is 19.1 Å². The molecule has 0 radical (unpaired) electrons. The number of halogens is 3. The van der Waals surface area contributed by atoms with Crippen LogP contribution in [-0.4, -0.2) is 33.6 Å². The minimum absolute atomic E-state index is 0.0261. The van der Waals surface area contributed by atoms with E-state index in [-0.39, 0.29) is 33.1 Å². The van der Waals surface area contributed by atoms with Crippen molar-refractivity contribution in [1.29, 1.82) is 0 Å². The number of likely N-dealkylation sites (N-methyl/N-ethyl adjacent to an activating group) is 1. The number of fused-ring (bicyclic) bond motifs is 1. The topological polar surface area (TPSA) is 80.8 Å². The quantitative estimate of drug-likeness (QED) is 0.438. The molecule has 0 atom stereocenters. The van der Waals surface area contributed by atoms with Crippen LogP contribution in [0.3, 0.4) is 0 Å². The van der Waals surface area contributed by atoms with Gasteiger partial charge in [0.25, 0.3) is 10.0 Å². The van der Waals surface area contributed by atoms with Crippen molar-refractivity contribution in [2.24, 2.45) is 0 Å². The normalized spacial score (nSPS) is 13.3. The Hall–Kier alpha value is -2.20. The van der Waals surface area contributed by atoms with Crippen LogP contribution in [0.2, 0.25) is 10.0 Å². The minimum atomic E-state index is -4.05. The standard InChI is InChI=1S/C21H18BrCl2N3O4S/c1-27-7-8-30-17-9-13(5-6-16(17)27)12-31-18-10-14(22)11-25-21(18)26-32(28,29)19-4-2-3-15(23)20(19)24/h2-6,9-11H,7-8,12H2,1H3,(H,25,26). The Morgan fingerprint density at radius 3 is 2.88 bits per heavy atom. The third kappa shape index (κ3) is 4.91. The summed E-state index contributed by atoms with van der Waals surface area (Å²) in [5.41, 5.74) is 1.88. The zero-order chi connectivity index (χ0) is 22.9. The first-order valence-corrected chi connectivity index (χ1v) is 12.5. The van der Waals surface area contributed by atoms with Gasteiger partial charge in [0.05, 0.1) is 22.3 Å². The highest BCUT2D eigenvalue weighted by molar-refractivity contribution is 9.10. The van der Waals surface area contributed by atoms with Crippen molar-refractivity contribution in [3.63, 3.8) is 0 Å². The number of aromatic nitrogens is 1. The Bertz CT molecular complexity index is 1270. The number of anilines is 2.